The highest BCUT2D eigenvalue weighted by molar-refractivity contribution is 5.94. The minimum absolute atomic E-state index is 0.202. The standard InChI is InChI=1S/C12H14N4O2/c1-8-10(12(17)18)11(16(2)15-8)14-7-9-5-3-4-6-13-9/h3-6,14H,7H2,1-2H3,(H,17,18). The second-order valence-corrected chi connectivity index (χ2v) is 3.91. The van der Waals surface area contributed by atoms with Crippen molar-refractivity contribution >= 4 is 11.8 Å². The zero-order valence-corrected chi connectivity index (χ0v) is 10.2. The Labute approximate surface area is 104 Å². The van der Waals surface area contributed by atoms with Crippen LogP contribution in [-0.4, -0.2) is 25.8 Å². The van der Waals surface area contributed by atoms with Crippen molar-refractivity contribution in [1.82, 2.24) is 14.8 Å². The first-order valence-corrected chi connectivity index (χ1v) is 5.50. The summed E-state index contributed by atoms with van der Waals surface area (Å²) in [6.07, 6.45) is 1.70. The van der Waals surface area contributed by atoms with Crippen molar-refractivity contribution in [3.8, 4) is 0 Å². The van der Waals surface area contributed by atoms with Gasteiger partial charge in [-0.3, -0.25) is 9.67 Å². The van der Waals surface area contributed by atoms with E-state index in [4.69, 9.17) is 5.11 Å². The Balaban J connectivity index is 2.22. The summed E-state index contributed by atoms with van der Waals surface area (Å²) in [5.41, 5.74) is 1.54. The van der Waals surface area contributed by atoms with Crippen LogP contribution in [0.1, 0.15) is 21.7 Å². The molecule has 0 spiro atoms. The van der Waals surface area contributed by atoms with E-state index in [-0.39, 0.29) is 5.56 Å². The predicted octanol–water partition coefficient (Wildman–Crippen LogP) is 1.43. The molecule has 0 unspecified atom stereocenters. The summed E-state index contributed by atoms with van der Waals surface area (Å²) < 4.78 is 1.53. The average Bonchev–Trinajstić information content (AvgIpc) is 2.62. The minimum atomic E-state index is -0.982. The van der Waals surface area contributed by atoms with Crippen LogP contribution in [0.15, 0.2) is 24.4 Å². The topological polar surface area (TPSA) is 80.0 Å². The van der Waals surface area contributed by atoms with Gasteiger partial charge in [0.05, 0.1) is 17.9 Å². The maximum absolute atomic E-state index is 11.2. The molecule has 0 saturated heterocycles. The highest BCUT2D eigenvalue weighted by Gasteiger charge is 2.19. The molecular formula is C12H14N4O2. The van der Waals surface area contributed by atoms with E-state index in [0.717, 1.165) is 5.69 Å². The molecule has 0 bridgehead atoms. The normalized spacial score (nSPS) is 10.3. The number of nitrogens with one attached hydrogen (secondary N) is 1. The predicted molar refractivity (Wildman–Crippen MR) is 66.5 cm³/mol. The number of nitrogens with zero attached hydrogens (tertiary/aromatic N) is 3. The summed E-state index contributed by atoms with van der Waals surface area (Å²) in [5.74, 6) is -0.491. The number of carboxylic acid groups (broad SMARTS) is 1. The number of hydrogen-bond donors (Lipinski definition) is 2. The van der Waals surface area contributed by atoms with Crippen molar-refractivity contribution in [2.75, 3.05) is 5.32 Å². The molecule has 0 amide bonds. The van der Waals surface area contributed by atoms with Gasteiger partial charge in [-0.2, -0.15) is 5.10 Å². The summed E-state index contributed by atoms with van der Waals surface area (Å²) in [6.45, 7) is 2.13. The molecule has 6 nitrogen and oxygen atoms in total. The molecule has 0 aromatic carbocycles. The molecule has 0 aliphatic heterocycles. The Bertz CT molecular complexity index is 563. The number of anilines is 1. The van der Waals surface area contributed by atoms with E-state index >= 15 is 0 Å². The van der Waals surface area contributed by atoms with Gasteiger partial charge in [-0.05, 0) is 19.1 Å². The van der Waals surface area contributed by atoms with Gasteiger partial charge in [0.1, 0.15) is 11.4 Å². The van der Waals surface area contributed by atoms with Crippen LogP contribution >= 0.6 is 0 Å². The second-order valence-electron chi connectivity index (χ2n) is 3.91. The van der Waals surface area contributed by atoms with Gasteiger partial charge >= 0.3 is 5.97 Å². The van der Waals surface area contributed by atoms with Crippen LogP contribution in [0.3, 0.4) is 0 Å². The number of aryl methyl sites for hydroxylation is 2. The average molecular weight is 246 g/mol. The van der Waals surface area contributed by atoms with Gasteiger partial charge in [0.15, 0.2) is 0 Å². The Morgan fingerprint density at radius 1 is 1.50 bits per heavy atom. The molecule has 2 aromatic heterocycles. The van der Waals surface area contributed by atoms with E-state index in [9.17, 15) is 4.79 Å². The van der Waals surface area contributed by atoms with Crippen LogP contribution in [0.2, 0.25) is 0 Å². The Hall–Kier alpha value is -2.37. The van der Waals surface area contributed by atoms with Crippen molar-refractivity contribution < 1.29 is 9.90 Å². The fourth-order valence-corrected chi connectivity index (χ4v) is 1.79. The number of hydrogen-bond acceptors (Lipinski definition) is 4. The van der Waals surface area contributed by atoms with Crippen molar-refractivity contribution in [1.29, 1.82) is 0 Å². The number of rotatable bonds is 4. The molecule has 2 rings (SSSR count). The van der Waals surface area contributed by atoms with Gasteiger partial charge in [0.2, 0.25) is 0 Å². The van der Waals surface area contributed by atoms with Crippen LogP contribution in [0.4, 0.5) is 5.82 Å². The summed E-state index contributed by atoms with van der Waals surface area (Å²) in [4.78, 5) is 15.3. The molecule has 0 radical (unpaired) electrons. The van der Waals surface area contributed by atoms with Gasteiger partial charge in [0.25, 0.3) is 0 Å². The third-order valence-electron chi connectivity index (χ3n) is 2.60. The lowest BCUT2D eigenvalue weighted by Gasteiger charge is -2.07. The van der Waals surface area contributed by atoms with E-state index in [1.165, 1.54) is 4.68 Å². The smallest absolute Gasteiger partial charge is 0.341 e. The van der Waals surface area contributed by atoms with E-state index in [1.54, 1.807) is 20.2 Å². The molecule has 2 N–H and O–H groups in total. The van der Waals surface area contributed by atoms with Gasteiger partial charge in [-0.15, -0.1) is 0 Å². The molecule has 0 saturated carbocycles. The molecule has 6 heteroatoms. The monoisotopic (exact) mass is 246 g/mol. The Morgan fingerprint density at radius 2 is 2.28 bits per heavy atom. The van der Waals surface area contributed by atoms with Crippen molar-refractivity contribution in [2.24, 2.45) is 7.05 Å². The van der Waals surface area contributed by atoms with E-state index < -0.39 is 5.97 Å². The maximum atomic E-state index is 11.2. The molecule has 0 aliphatic carbocycles. The quantitative estimate of drug-likeness (QED) is 0.853. The molecule has 94 valence electrons. The molecular weight excluding hydrogens is 232 g/mol. The summed E-state index contributed by atoms with van der Waals surface area (Å²) in [5, 5.41) is 16.3. The molecule has 2 heterocycles. The van der Waals surface area contributed by atoms with Gasteiger partial charge < -0.3 is 10.4 Å². The number of aromatic carboxylic acids is 1. The zero-order valence-electron chi connectivity index (χ0n) is 10.2. The lowest BCUT2D eigenvalue weighted by atomic mass is 10.2. The van der Waals surface area contributed by atoms with E-state index in [1.807, 2.05) is 18.2 Å². The molecule has 18 heavy (non-hydrogen) atoms. The summed E-state index contributed by atoms with van der Waals surface area (Å²) in [6, 6.07) is 5.59. The first kappa shape index (κ1) is 12.1. The van der Waals surface area contributed by atoms with Crippen LogP contribution < -0.4 is 5.32 Å². The first-order chi connectivity index (χ1) is 8.59. The van der Waals surface area contributed by atoms with Crippen LogP contribution in [-0.2, 0) is 13.6 Å². The van der Waals surface area contributed by atoms with Crippen molar-refractivity contribution in [2.45, 2.75) is 13.5 Å². The summed E-state index contributed by atoms with van der Waals surface area (Å²) >= 11 is 0. The number of carbonyl (C=O) groups is 1. The fraction of sp³-hybridized carbons (Fsp3) is 0.250. The highest BCUT2D eigenvalue weighted by Crippen LogP contribution is 2.19. The minimum Gasteiger partial charge on any atom is -0.477 e. The molecule has 0 fully saturated rings. The van der Waals surface area contributed by atoms with Crippen LogP contribution in [0.5, 0.6) is 0 Å². The molecule has 2 aromatic rings. The van der Waals surface area contributed by atoms with Crippen molar-refractivity contribution in [3.05, 3.63) is 41.3 Å². The lowest BCUT2D eigenvalue weighted by molar-refractivity contribution is 0.0697. The van der Waals surface area contributed by atoms with Crippen molar-refractivity contribution in [3.63, 3.8) is 0 Å². The molecule has 0 atom stereocenters. The maximum Gasteiger partial charge on any atom is 0.341 e. The SMILES string of the molecule is Cc1nn(C)c(NCc2ccccn2)c1C(=O)O. The lowest BCUT2D eigenvalue weighted by Crippen LogP contribution is -2.09. The second kappa shape index (κ2) is 4.87. The fourth-order valence-electron chi connectivity index (χ4n) is 1.79. The third-order valence-corrected chi connectivity index (χ3v) is 2.60. The number of carboxylic acids is 1. The highest BCUT2D eigenvalue weighted by atomic mass is 16.4. The Morgan fingerprint density at radius 3 is 2.89 bits per heavy atom. The number of pyridine rings is 1. The van der Waals surface area contributed by atoms with E-state index in [0.29, 0.717) is 18.1 Å². The largest absolute Gasteiger partial charge is 0.477 e. The summed E-state index contributed by atoms with van der Waals surface area (Å²) in [7, 11) is 1.71. The zero-order chi connectivity index (χ0) is 13.1. The van der Waals surface area contributed by atoms with Gasteiger partial charge in [-0.1, -0.05) is 6.07 Å². The Kier molecular flexibility index (Phi) is 3.27. The van der Waals surface area contributed by atoms with Crippen LogP contribution in [0.25, 0.3) is 0 Å². The van der Waals surface area contributed by atoms with Gasteiger partial charge in [-0.25, -0.2) is 4.79 Å². The van der Waals surface area contributed by atoms with Gasteiger partial charge in [0, 0.05) is 13.2 Å². The third kappa shape index (κ3) is 2.32. The first-order valence-electron chi connectivity index (χ1n) is 5.50. The van der Waals surface area contributed by atoms with E-state index in [2.05, 4.69) is 15.4 Å². The molecule has 0 aliphatic rings. The van der Waals surface area contributed by atoms with Crippen LogP contribution in [0, 0.1) is 6.92 Å². The number of aromatic nitrogens is 3.